The monoisotopic (exact) mass is 288 g/mol. The number of anilines is 1. The van der Waals surface area contributed by atoms with E-state index in [-0.39, 0.29) is 5.82 Å². The molecule has 0 spiro atoms. The van der Waals surface area contributed by atoms with Gasteiger partial charge in [-0.2, -0.15) is 5.10 Å². The Labute approximate surface area is 124 Å². The summed E-state index contributed by atoms with van der Waals surface area (Å²) in [5.41, 5.74) is 9.40. The van der Waals surface area contributed by atoms with Crippen molar-refractivity contribution >= 4 is 5.69 Å². The molecule has 0 unspecified atom stereocenters. The van der Waals surface area contributed by atoms with E-state index in [1.54, 1.807) is 0 Å². The molecule has 3 rings (SSSR count). The Kier molecular flexibility index (Phi) is 3.92. The molecule has 1 aliphatic heterocycles. The number of hydrogen-bond donors (Lipinski definition) is 1. The third-order valence-corrected chi connectivity index (χ3v) is 4.20. The van der Waals surface area contributed by atoms with Crippen molar-refractivity contribution < 1.29 is 4.39 Å². The normalized spacial score (nSPS) is 16.4. The first kappa shape index (κ1) is 14.1. The average molecular weight is 288 g/mol. The van der Waals surface area contributed by atoms with Gasteiger partial charge in [-0.25, -0.2) is 4.39 Å². The average Bonchev–Trinajstić information content (AvgIpc) is 2.84. The number of halogens is 1. The van der Waals surface area contributed by atoms with E-state index in [0.29, 0.717) is 6.04 Å². The molecule has 112 valence electrons. The van der Waals surface area contributed by atoms with Gasteiger partial charge in [-0.1, -0.05) is 12.1 Å². The lowest BCUT2D eigenvalue weighted by Gasteiger charge is -2.31. The van der Waals surface area contributed by atoms with Crippen molar-refractivity contribution in [2.45, 2.75) is 25.3 Å². The molecule has 1 aromatic heterocycles. The largest absolute Gasteiger partial charge is 0.369 e. The number of aryl methyl sites for hydroxylation is 1. The number of benzene rings is 1. The maximum absolute atomic E-state index is 13.0. The van der Waals surface area contributed by atoms with Crippen molar-refractivity contribution in [3.05, 3.63) is 47.5 Å². The van der Waals surface area contributed by atoms with Gasteiger partial charge in [0, 0.05) is 32.6 Å². The number of nitrogens with two attached hydrogens (primary N) is 1. The van der Waals surface area contributed by atoms with Crippen molar-refractivity contribution in [1.82, 2.24) is 9.78 Å². The van der Waals surface area contributed by atoms with Crippen molar-refractivity contribution in [3.8, 4) is 0 Å². The van der Waals surface area contributed by atoms with Gasteiger partial charge in [0.15, 0.2) is 0 Å². The van der Waals surface area contributed by atoms with Gasteiger partial charge >= 0.3 is 0 Å². The molecule has 1 aromatic carbocycles. The fourth-order valence-electron chi connectivity index (χ4n) is 2.86. The highest BCUT2D eigenvalue weighted by Gasteiger charge is 2.21. The van der Waals surface area contributed by atoms with Crippen LogP contribution in [-0.4, -0.2) is 28.9 Å². The van der Waals surface area contributed by atoms with E-state index >= 15 is 0 Å². The molecule has 1 fully saturated rings. The minimum Gasteiger partial charge on any atom is -0.369 e. The Balaban J connectivity index is 1.81. The minimum absolute atomic E-state index is 0.200. The maximum atomic E-state index is 13.0. The topological polar surface area (TPSA) is 47.1 Å². The third-order valence-electron chi connectivity index (χ3n) is 4.20. The Bertz CT molecular complexity index is 597. The molecule has 0 aliphatic carbocycles. The molecule has 0 radical (unpaired) electrons. The predicted molar refractivity (Wildman–Crippen MR) is 81.8 cm³/mol. The van der Waals surface area contributed by atoms with Crippen molar-refractivity contribution in [2.24, 2.45) is 12.8 Å². The summed E-state index contributed by atoms with van der Waals surface area (Å²) in [7, 11) is 1.96. The number of hydrogen-bond acceptors (Lipinski definition) is 3. The molecular formula is C16H21FN4. The fraction of sp³-hybridized carbons (Fsp3) is 0.438. The van der Waals surface area contributed by atoms with Crippen LogP contribution in [0.5, 0.6) is 0 Å². The highest BCUT2D eigenvalue weighted by molar-refractivity contribution is 5.51. The van der Waals surface area contributed by atoms with Crippen LogP contribution < -0.4 is 10.6 Å². The summed E-state index contributed by atoms with van der Waals surface area (Å²) in [6, 6.07) is 6.99. The van der Waals surface area contributed by atoms with Crippen LogP contribution in [0.1, 0.15) is 24.1 Å². The number of nitrogens with zero attached hydrogens (tertiary/aromatic N) is 3. The first-order chi connectivity index (χ1) is 10.1. The van der Waals surface area contributed by atoms with E-state index in [1.165, 1.54) is 17.8 Å². The lowest BCUT2D eigenvalue weighted by atomic mass is 10.0. The van der Waals surface area contributed by atoms with E-state index in [4.69, 9.17) is 5.73 Å². The van der Waals surface area contributed by atoms with Crippen molar-refractivity contribution in [3.63, 3.8) is 0 Å². The number of piperidine rings is 1. The van der Waals surface area contributed by atoms with E-state index in [9.17, 15) is 4.39 Å². The fourth-order valence-corrected chi connectivity index (χ4v) is 2.86. The lowest BCUT2D eigenvalue weighted by molar-refractivity contribution is 0.500. The second-order valence-corrected chi connectivity index (χ2v) is 5.73. The van der Waals surface area contributed by atoms with E-state index < -0.39 is 0 Å². The van der Waals surface area contributed by atoms with Gasteiger partial charge in [-0.15, -0.1) is 0 Å². The first-order valence-electron chi connectivity index (χ1n) is 7.39. The van der Waals surface area contributed by atoms with Crippen molar-refractivity contribution in [1.29, 1.82) is 0 Å². The zero-order valence-electron chi connectivity index (χ0n) is 12.3. The lowest BCUT2D eigenvalue weighted by Crippen LogP contribution is -2.40. The van der Waals surface area contributed by atoms with E-state index in [0.717, 1.165) is 43.6 Å². The highest BCUT2D eigenvalue weighted by atomic mass is 19.1. The summed E-state index contributed by atoms with van der Waals surface area (Å²) in [5, 5.41) is 4.39. The predicted octanol–water partition coefficient (Wildman–Crippen LogP) is 2.08. The Morgan fingerprint density at radius 2 is 1.90 bits per heavy atom. The van der Waals surface area contributed by atoms with Gasteiger partial charge in [0.05, 0.1) is 17.6 Å². The second-order valence-electron chi connectivity index (χ2n) is 5.73. The zero-order valence-corrected chi connectivity index (χ0v) is 12.3. The van der Waals surface area contributed by atoms with Gasteiger partial charge < -0.3 is 10.6 Å². The molecule has 0 amide bonds. The first-order valence-corrected chi connectivity index (χ1v) is 7.39. The minimum atomic E-state index is -0.200. The zero-order chi connectivity index (χ0) is 14.8. The van der Waals surface area contributed by atoms with Crippen LogP contribution in [0.3, 0.4) is 0 Å². The molecule has 0 atom stereocenters. The van der Waals surface area contributed by atoms with Gasteiger partial charge in [0.2, 0.25) is 0 Å². The molecule has 2 aromatic rings. The standard InChI is InChI=1S/C16H21FN4/c1-20-15(10-12-2-4-13(17)5-3-12)16(11-19-20)21-8-6-14(18)7-9-21/h2-5,11,14H,6-10,18H2,1H3. The molecule has 0 saturated carbocycles. The SMILES string of the molecule is Cn1ncc(N2CCC(N)CC2)c1Cc1ccc(F)cc1. The van der Waals surface area contributed by atoms with Gasteiger partial charge in [-0.3, -0.25) is 4.68 Å². The Morgan fingerprint density at radius 3 is 2.57 bits per heavy atom. The molecule has 1 aliphatic rings. The molecule has 5 heteroatoms. The molecule has 2 heterocycles. The van der Waals surface area contributed by atoms with Crippen LogP contribution in [0.4, 0.5) is 10.1 Å². The third kappa shape index (κ3) is 3.08. The van der Waals surface area contributed by atoms with Gasteiger partial charge in [0.25, 0.3) is 0 Å². The summed E-state index contributed by atoms with van der Waals surface area (Å²) in [6.45, 7) is 1.95. The molecule has 0 bridgehead atoms. The van der Waals surface area contributed by atoms with E-state index in [1.807, 2.05) is 30.1 Å². The molecule has 2 N–H and O–H groups in total. The Hall–Kier alpha value is -1.88. The summed E-state index contributed by atoms with van der Waals surface area (Å²) in [4.78, 5) is 2.36. The summed E-state index contributed by atoms with van der Waals surface area (Å²) >= 11 is 0. The maximum Gasteiger partial charge on any atom is 0.123 e. The molecule has 21 heavy (non-hydrogen) atoms. The molecule has 1 saturated heterocycles. The number of aromatic nitrogens is 2. The summed E-state index contributed by atoms with van der Waals surface area (Å²) in [6.07, 6.45) is 4.72. The van der Waals surface area contributed by atoms with Crippen LogP contribution in [0.25, 0.3) is 0 Å². The molecular weight excluding hydrogens is 267 g/mol. The van der Waals surface area contributed by atoms with Gasteiger partial charge in [0.1, 0.15) is 5.82 Å². The summed E-state index contributed by atoms with van der Waals surface area (Å²) in [5.74, 6) is -0.200. The van der Waals surface area contributed by atoms with Crippen LogP contribution >= 0.6 is 0 Å². The van der Waals surface area contributed by atoms with Gasteiger partial charge in [-0.05, 0) is 30.5 Å². The number of rotatable bonds is 3. The molecule has 4 nitrogen and oxygen atoms in total. The van der Waals surface area contributed by atoms with Crippen LogP contribution in [0.15, 0.2) is 30.5 Å². The van der Waals surface area contributed by atoms with E-state index in [2.05, 4.69) is 10.00 Å². The van der Waals surface area contributed by atoms with Crippen molar-refractivity contribution in [2.75, 3.05) is 18.0 Å². The Morgan fingerprint density at radius 1 is 1.24 bits per heavy atom. The quantitative estimate of drug-likeness (QED) is 0.940. The van der Waals surface area contributed by atoms with Crippen LogP contribution in [0, 0.1) is 5.82 Å². The van der Waals surface area contributed by atoms with Crippen LogP contribution in [-0.2, 0) is 13.5 Å². The summed E-state index contributed by atoms with van der Waals surface area (Å²) < 4.78 is 14.9. The van der Waals surface area contributed by atoms with Crippen LogP contribution in [0.2, 0.25) is 0 Å². The highest BCUT2D eigenvalue weighted by Crippen LogP contribution is 2.25. The second kappa shape index (κ2) is 5.85. The smallest absolute Gasteiger partial charge is 0.123 e.